The summed E-state index contributed by atoms with van der Waals surface area (Å²) in [6, 6.07) is 4.32. The number of anilines is 2. The van der Waals surface area contributed by atoms with Crippen molar-refractivity contribution in [3.8, 4) is 0 Å². The van der Waals surface area contributed by atoms with Crippen molar-refractivity contribution < 1.29 is 0 Å². The van der Waals surface area contributed by atoms with Gasteiger partial charge in [-0.05, 0) is 23.3 Å². The Morgan fingerprint density at radius 3 is 2.38 bits per heavy atom. The highest BCUT2D eigenvalue weighted by atomic mass is 15.2. The van der Waals surface area contributed by atoms with Crippen molar-refractivity contribution >= 4 is 23.5 Å². The standard InChI is InChI=1S/C14H18N2/c1-5-11-9-12(6-2)14-13(10-11)15(3)7-8-16(14)4/h5-6,9-10H,1-2,7-8H2,3-4H3. The van der Waals surface area contributed by atoms with Gasteiger partial charge in [0.25, 0.3) is 0 Å². The van der Waals surface area contributed by atoms with Crippen LogP contribution in [-0.2, 0) is 0 Å². The number of nitrogens with zero attached hydrogens (tertiary/aromatic N) is 2. The van der Waals surface area contributed by atoms with E-state index in [1.165, 1.54) is 16.9 Å². The first-order valence-corrected chi connectivity index (χ1v) is 5.52. The maximum atomic E-state index is 3.89. The summed E-state index contributed by atoms with van der Waals surface area (Å²) in [5.41, 5.74) is 4.87. The van der Waals surface area contributed by atoms with Crippen LogP contribution in [0.5, 0.6) is 0 Å². The van der Waals surface area contributed by atoms with Crippen molar-refractivity contribution in [2.45, 2.75) is 0 Å². The van der Waals surface area contributed by atoms with Crippen LogP contribution >= 0.6 is 0 Å². The third-order valence-electron chi connectivity index (χ3n) is 3.16. The topological polar surface area (TPSA) is 6.48 Å². The summed E-state index contributed by atoms with van der Waals surface area (Å²) >= 11 is 0. The predicted molar refractivity (Wildman–Crippen MR) is 73.2 cm³/mol. The molecule has 1 aliphatic rings. The minimum atomic E-state index is 1.05. The molecule has 0 radical (unpaired) electrons. The van der Waals surface area contributed by atoms with Crippen molar-refractivity contribution in [2.24, 2.45) is 0 Å². The van der Waals surface area contributed by atoms with Gasteiger partial charge in [-0.3, -0.25) is 0 Å². The van der Waals surface area contributed by atoms with E-state index in [-0.39, 0.29) is 0 Å². The van der Waals surface area contributed by atoms with Gasteiger partial charge in [-0.25, -0.2) is 0 Å². The molecule has 1 aliphatic heterocycles. The van der Waals surface area contributed by atoms with Crippen LogP contribution in [0.4, 0.5) is 11.4 Å². The van der Waals surface area contributed by atoms with Gasteiger partial charge in [-0.15, -0.1) is 0 Å². The summed E-state index contributed by atoms with van der Waals surface area (Å²) in [5.74, 6) is 0. The lowest BCUT2D eigenvalue weighted by Gasteiger charge is -2.36. The van der Waals surface area contributed by atoms with Crippen molar-refractivity contribution in [3.05, 3.63) is 36.4 Å². The quantitative estimate of drug-likeness (QED) is 0.747. The summed E-state index contributed by atoms with van der Waals surface area (Å²) < 4.78 is 0. The molecule has 2 rings (SSSR count). The van der Waals surface area contributed by atoms with Crippen LogP contribution in [0.1, 0.15) is 11.1 Å². The van der Waals surface area contributed by atoms with Gasteiger partial charge in [0.05, 0.1) is 11.4 Å². The SMILES string of the molecule is C=Cc1cc(C=C)c2c(c1)N(C)CCN2C. The van der Waals surface area contributed by atoms with Crippen LogP contribution in [-0.4, -0.2) is 27.2 Å². The Kier molecular flexibility index (Phi) is 2.73. The first-order valence-electron chi connectivity index (χ1n) is 5.52. The number of likely N-dealkylation sites (N-methyl/N-ethyl adjacent to an activating group) is 2. The van der Waals surface area contributed by atoms with E-state index in [9.17, 15) is 0 Å². The Balaban J connectivity index is 2.67. The average Bonchev–Trinajstić information content (AvgIpc) is 2.32. The fourth-order valence-corrected chi connectivity index (χ4v) is 2.18. The average molecular weight is 214 g/mol. The van der Waals surface area contributed by atoms with Gasteiger partial charge < -0.3 is 9.80 Å². The van der Waals surface area contributed by atoms with Gasteiger partial charge in [0.15, 0.2) is 0 Å². The highest BCUT2D eigenvalue weighted by molar-refractivity contribution is 5.84. The first kappa shape index (κ1) is 10.8. The van der Waals surface area contributed by atoms with E-state index >= 15 is 0 Å². The van der Waals surface area contributed by atoms with E-state index in [0.29, 0.717) is 0 Å². The zero-order chi connectivity index (χ0) is 11.7. The fraction of sp³-hybridized carbons (Fsp3) is 0.286. The molecule has 16 heavy (non-hydrogen) atoms. The van der Waals surface area contributed by atoms with E-state index in [0.717, 1.165) is 18.7 Å². The van der Waals surface area contributed by atoms with E-state index < -0.39 is 0 Å². The van der Waals surface area contributed by atoms with Crippen LogP contribution in [0.25, 0.3) is 12.2 Å². The molecular formula is C14H18N2. The second kappa shape index (κ2) is 4.05. The highest BCUT2D eigenvalue weighted by Crippen LogP contribution is 2.36. The molecule has 2 nitrogen and oxygen atoms in total. The lowest BCUT2D eigenvalue weighted by molar-refractivity contribution is 0.797. The third kappa shape index (κ3) is 1.60. The Morgan fingerprint density at radius 1 is 1.06 bits per heavy atom. The maximum Gasteiger partial charge on any atom is 0.0675 e. The second-order valence-electron chi connectivity index (χ2n) is 4.23. The molecule has 0 spiro atoms. The van der Waals surface area contributed by atoms with E-state index in [2.05, 4.69) is 49.2 Å². The minimum absolute atomic E-state index is 1.05. The van der Waals surface area contributed by atoms with Crippen LogP contribution < -0.4 is 9.80 Å². The van der Waals surface area contributed by atoms with Crippen molar-refractivity contribution in [2.75, 3.05) is 37.0 Å². The summed E-state index contributed by atoms with van der Waals surface area (Å²) in [6.45, 7) is 9.84. The number of benzene rings is 1. The van der Waals surface area contributed by atoms with Gasteiger partial charge in [0.1, 0.15) is 0 Å². The summed E-state index contributed by atoms with van der Waals surface area (Å²) in [5, 5.41) is 0. The van der Waals surface area contributed by atoms with Crippen molar-refractivity contribution in [3.63, 3.8) is 0 Å². The monoisotopic (exact) mass is 214 g/mol. The first-order chi connectivity index (χ1) is 7.67. The Hall–Kier alpha value is -1.70. The van der Waals surface area contributed by atoms with Crippen LogP contribution in [0, 0.1) is 0 Å². The molecule has 0 atom stereocenters. The number of fused-ring (bicyclic) bond motifs is 1. The Labute approximate surface area is 97.5 Å². The lowest BCUT2D eigenvalue weighted by Crippen LogP contribution is -2.37. The zero-order valence-corrected chi connectivity index (χ0v) is 10.0. The normalized spacial score (nSPS) is 14.6. The van der Waals surface area contributed by atoms with Crippen molar-refractivity contribution in [1.82, 2.24) is 0 Å². The van der Waals surface area contributed by atoms with Gasteiger partial charge in [-0.2, -0.15) is 0 Å². The number of hydrogen-bond acceptors (Lipinski definition) is 2. The maximum absolute atomic E-state index is 3.89. The molecular weight excluding hydrogens is 196 g/mol. The highest BCUT2D eigenvalue weighted by Gasteiger charge is 2.20. The van der Waals surface area contributed by atoms with Gasteiger partial charge >= 0.3 is 0 Å². The molecule has 0 amide bonds. The summed E-state index contributed by atoms with van der Waals surface area (Å²) in [6.07, 6.45) is 3.80. The van der Waals surface area contributed by atoms with Gasteiger partial charge in [0, 0.05) is 27.2 Å². The number of rotatable bonds is 2. The van der Waals surface area contributed by atoms with Gasteiger partial charge in [0.2, 0.25) is 0 Å². The van der Waals surface area contributed by atoms with Crippen LogP contribution in [0.2, 0.25) is 0 Å². The summed E-state index contributed by atoms with van der Waals surface area (Å²) in [4.78, 5) is 4.58. The Morgan fingerprint density at radius 2 is 1.75 bits per heavy atom. The molecule has 2 heteroatoms. The van der Waals surface area contributed by atoms with Gasteiger partial charge in [-0.1, -0.05) is 25.3 Å². The van der Waals surface area contributed by atoms with Crippen molar-refractivity contribution in [1.29, 1.82) is 0 Å². The van der Waals surface area contributed by atoms with E-state index in [1.54, 1.807) is 0 Å². The smallest absolute Gasteiger partial charge is 0.0675 e. The molecule has 84 valence electrons. The molecule has 1 aromatic carbocycles. The molecule has 0 fully saturated rings. The van der Waals surface area contributed by atoms with Crippen LogP contribution in [0.15, 0.2) is 25.3 Å². The molecule has 0 aliphatic carbocycles. The lowest BCUT2D eigenvalue weighted by atomic mass is 10.0. The molecule has 0 aromatic heterocycles. The Bertz CT molecular complexity index is 435. The minimum Gasteiger partial charge on any atom is -0.371 e. The van der Waals surface area contributed by atoms with E-state index in [1.807, 2.05) is 12.2 Å². The molecule has 1 heterocycles. The molecule has 0 saturated carbocycles. The molecule has 0 saturated heterocycles. The largest absolute Gasteiger partial charge is 0.371 e. The molecule has 0 bridgehead atoms. The second-order valence-corrected chi connectivity index (χ2v) is 4.23. The fourth-order valence-electron chi connectivity index (χ4n) is 2.18. The number of hydrogen-bond donors (Lipinski definition) is 0. The van der Waals surface area contributed by atoms with E-state index in [4.69, 9.17) is 0 Å². The van der Waals surface area contributed by atoms with Crippen LogP contribution in [0.3, 0.4) is 0 Å². The molecule has 0 N–H and O–H groups in total. The molecule has 0 unspecified atom stereocenters. The zero-order valence-electron chi connectivity index (χ0n) is 10.0. The summed E-state index contributed by atoms with van der Waals surface area (Å²) in [7, 11) is 4.26. The third-order valence-corrected chi connectivity index (χ3v) is 3.16. The predicted octanol–water partition coefficient (Wildman–Crippen LogP) is 2.86. The molecule has 1 aromatic rings.